The maximum absolute atomic E-state index is 6.38. The smallest absolute Gasteiger partial charge is 0.248 e. The summed E-state index contributed by atoms with van der Waals surface area (Å²) in [6.07, 6.45) is 0. The highest BCUT2D eigenvalue weighted by Crippen LogP contribution is 2.48. The van der Waals surface area contributed by atoms with Crippen molar-refractivity contribution < 1.29 is 8.83 Å². The summed E-state index contributed by atoms with van der Waals surface area (Å²) in [5.74, 6) is 1.83. The largest absolute Gasteiger partial charge is 0.416 e. The van der Waals surface area contributed by atoms with Gasteiger partial charge in [-0.15, -0.1) is 20.4 Å². The summed E-state index contributed by atoms with van der Waals surface area (Å²) < 4.78 is 17.7. The van der Waals surface area contributed by atoms with Crippen LogP contribution < -0.4 is 0 Å². The van der Waals surface area contributed by atoms with Gasteiger partial charge in [0, 0.05) is 55.2 Å². The molecule has 4 aromatic heterocycles. The second-order valence-electron chi connectivity index (χ2n) is 28.2. The average molecular weight is 1160 g/mol. The Bertz CT molecular complexity index is 4480. The van der Waals surface area contributed by atoms with Gasteiger partial charge < -0.3 is 18.0 Å². The van der Waals surface area contributed by atoms with E-state index < -0.39 is 5.41 Å². The van der Waals surface area contributed by atoms with Crippen LogP contribution >= 0.6 is 0 Å². The van der Waals surface area contributed by atoms with Crippen molar-refractivity contribution in [3.8, 4) is 57.2 Å². The average Bonchev–Trinajstić information content (AvgIpc) is 1.75. The molecular formula is C81H74N6O2. The van der Waals surface area contributed by atoms with E-state index >= 15 is 0 Å². The summed E-state index contributed by atoms with van der Waals surface area (Å²) in [4.78, 5) is 0. The molecule has 0 saturated carbocycles. The van der Waals surface area contributed by atoms with Crippen LogP contribution in [0.4, 0.5) is 0 Å². The van der Waals surface area contributed by atoms with E-state index in [1.54, 1.807) is 0 Å². The van der Waals surface area contributed by atoms with E-state index in [2.05, 4.69) is 282 Å². The van der Waals surface area contributed by atoms with Crippen molar-refractivity contribution in [3.63, 3.8) is 0 Å². The van der Waals surface area contributed by atoms with Crippen LogP contribution in [-0.2, 0) is 27.1 Å². The number of hydrogen-bond acceptors (Lipinski definition) is 6. The quantitative estimate of drug-likeness (QED) is 0.127. The first-order chi connectivity index (χ1) is 42.6. The van der Waals surface area contributed by atoms with Gasteiger partial charge in [0.25, 0.3) is 0 Å². The maximum Gasteiger partial charge on any atom is 0.248 e. The molecular weight excluding hydrogens is 1090 g/mol. The van der Waals surface area contributed by atoms with E-state index in [-0.39, 0.29) is 21.7 Å². The van der Waals surface area contributed by atoms with Crippen molar-refractivity contribution in [2.75, 3.05) is 0 Å². The number of hydrogen-bond donors (Lipinski definition) is 0. The number of benzene rings is 10. The molecule has 14 aromatic rings. The lowest BCUT2D eigenvalue weighted by Crippen LogP contribution is -2.31. The molecule has 0 aliphatic heterocycles. The van der Waals surface area contributed by atoms with E-state index in [0.717, 1.165) is 55.9 Å². The van der Waals surface area contributed by atoms with Crippen LogP contribution in [0.1, 0.15) is 128 Å². The predicted molar refractivity (Wildman–Crippen MR) is 366 cm³/mol. The molecule has 0 saturated heterocycles. The molecule has 4 heterocycles. The molecule has 0 amide bonds. The molecule has 0 unspecified atom stereocenters. The summed E-state index contributed by atoms with van der Waals surface area (Å²) in [7, 11) is 0. The molecule has 14 rings (SSSR count). The Hall–Kier alpha value is -9.92. The minimum atomic E-state index is -0.906. The molecule has 0 spiro atoms. The molecule has 8 heteroatoms. The van der Waals surface area contributed by atoms with Crippen LogP contribution in [0.5, 0.6) is 0 Å². The lowest BCUT2D eigenvalue weighted by atomic mass is 9.65. The molecule has 0 fully saturated rings. The zero-order chi connectivity index (χ0) is 61.8. The second kappa shape index (κ2) is 21.2. The van der Waals surface area contributed by atoms with Crippen molar-refractivity contribution in [1.82, 2.24) is 29.5 Å². The van der Waals surface area contributed by atoms with Gasteiger partial charge in [-0.1, -0.05) is 192 Å². The third-order valence-electron chi connectivity index (χ3n) is 18.1. The standard InChI is InChI=1S/C81H74N6O2/c1-77(2,3)59-35-43-69-65(47-59)66-48-60(78(4,5)6)36-44-70(66)86(69)63-39-31-57(32-40-63)81(55-27-23-53(24-28-55)75-84-82-73(88-75)51-19-15-13-16-20-51,56-29-25-54(26-30-56)76-85-83-74(89-76)52-21-17-14-18-22-52)58-33-41-64(42-34-58)87-71-45-37-61(79(7,8)9)49-67(71)68-50-62(80(10,11)12)38-46-72(68)87/h13-50H,1-12H3. The fourth-order valence-electron chi connectivity index (χ4n) is 13.0. The van der Waals surface area contributed by atoms with Crippen molar-refractivity contribution >= 4 is 43.6 Å². The normalized spacial score (nSPS) is 12.7. The molecule has 0 aliphatic carbocycles. The second-order valence-corrected chi connectivity index (χ2v) is 28.2. The van der Waals surface area contributed by atoms with Crippen molar-refractivity contribution in [2.45, 2.75) is 110 Å². The summed E-state index contributed by atoms with van der Waals surface area (Å²) in [5.41, 5.74) is 18.7. The highest BCUT2D eigenvalue weighted by atomic mass is 16.4. The van der Waals surface area contributed by atoms with Crippen LogP contribution in [-0.4, -0.2) is 29.5 Å². The van der Waals surface area contributed by atoms with Gasteiger partial charge in [-0.25, -0.2) is 0 Å². The zero-order valence-electron chi connectivity index (χ0n) is 52.9. The summed E-state index contributed by atoms with van der Waals surface area (Å²) in [6, 6.07) is 83.8. The Morgan fingerprint density at radius 3 is 0.719 bits per heavy atom. The van der Waals surface area contributed by atoms with Gasteiger partial charge in [-0.05, 0) is 187 Å². The Morgan fingerprint density at radius 1 is 0.247 bits per heavy atom. The van der Waals surface area contributed by atoms with Crippen LogP contribution in [0.25, 0.3) is 101 Å². The third kappa shape index (κ3) is 10.0. The van der Waals surface area contributed by atoms with Gasteiger partial charge in [0.05, 0.1) is 27.5 Å². The highest BCUT2D eigenvalue weighted by molar-refractivity contribution is 6.11. The van der Waals surface area contributed by atoms with E-state index in [1.807, 2.05) is 60.7 Å². The molecule has 89 heavy (non-hydrogen) atoms. The topological polar surface area (TPSA) is 87.7 Å². The Morgan fingerprint density at radius 2 is 0.472 bits per heavy atom. The predicted octanol–water partition coefficient (Wildman–Crippen LogP) is 20.9. The van der Waals surface area contributed by atoms with E-state index in [4.69, 9.17) is 8.83 Å². The SMILES string of the molecule is CC(C)(C)c1ccc2c(c1)c1cc(C(C)(C)C)ccc1n2-c1ccc(C(c2ccc(-c3nnc(-c4ccccc4)o3)cc2)(c2ccc(-c3nnc(-c4ccccc4)o3)cc2)c2ccc(-n3c4ccc(C(C)(C)C)cc4c4cc(C(C)(C)C)ccc43)cc2)cc1. The zero-order valence-corrected chi connectivity index (χ0v) is 52.9. The fraction of sp³-hybridized carbons (Fsp3) is 0.210. The first kappa shape index (κ1) is 56.9. The third-order valence-corrected chi connectivity index (χ3v) is 18.1. The summed E-state index contributed by atoms with van der Waals surface area (Å²) in [5, 5.41) is 23.1. The highest BCUT2D eigenvalue weighted by Gasteiger charge is 2.39. The minimum Gasteiger partial charge on any atom is -0.416 e. The molecule has 0 N–H and O–H groups in total. The van der Waals surface area contributed by atoms with Crippen LogP contribution in [0.3, 0.4) is 0 Å². The fourth-order valence-corrected chi connectivity index (χ4v) is 13.0. The number of nitrogens with zero attached hydrogens (tertiary/aromatic N) is 6. The Labute approximate surface area is 521 Å². The molecule has 0 radical (unpaired) electrons. The lowest BCUT2D eigenvalue weighted by molar-refractivity contribution is 0.584. The van der Waals surface area contributed by atoms with Crippen molar-refractivity contribution in [1.29, 1.82) is 0 Å². The van der Waals surface area contributed by atoms with Gasteiger partial charge in [0.1, 0.15) is 0 Å². The molecule has 10 aromatic carbocycles. The van der Waals surface area contributed by atoms with Crippen molar-refractivity contribution in [3.05, 3.63) is 275 Å². The summed E-state index contributed by atoms with van der Waals surface area (Å²) in [6.45, 7) is 27.5. The van der Waals surface area contributed by atoms with Crippen LogP contribution in [0.15, 0.2) is 239 Å². The lowest BCUT2D eigenvalue weighted by Gasteiger charge is -2.37. The van der Waals surface area contributed by atoms with Gasteiger partial charge in [0.15, 0.2) is 0 Å². The van der Waals surface area contributed by atoms with Crippen LogP contribution in [0, 0.1) is 0 Å². The summed E-state index contributed by atoms with van der Waals surface area (Å²) >= 11 is 0. The molecule has 440 valence electrons. The van der Waals surface area contributed by atoms with Gasteiger partial charge in [0.2, 0.25) is 23.6 Å². The van der Waals surface area contributed by atoms with Gasteiger partial charge >= 0.3 is 0 Å². The van der Waals surface area contributed by atoms with E-state index in [9.17, 15) is 0 Å². The van der Waals surface area contributed by atoms with Crippen molar-refractivity contribution in [2.24, 2.45) is 0 Å². The molecule has 0 bridgehead atoms. The first-order valence-corrected chi connectivity index (χ1v) is 31.0. The Kier molecular flexibility index (Phi) is 13.5. The molecule has 0 aliphatic rings. The minimum absolute atomic E-state index is 0.0213. The van der Waals surface area contributed by atoms with Crippen LogP contribution in [0.2, 0.25) is 0 Å². The first-order valence-electron chi connectivity index (χ1n) is 31.0. The van der Waals surface area contributed by atoms with Gasteiger partial charge in [-0.3, -0.25) is 0 Å². The number of aromatic nitrogens is 6. The maximum atomic E-state index is 6.38. The molecule has 0 atom stereocenters. The number of fused-ring (bicyclic) bond motifs is 6. The Balaban J connectivity index is 0.986. The molecule has 8 nitrogen and oxygen atoms in total. The number of rotatable bonds is 10. The monoisotopic (exact) mass is 1160 g/mol. The van der Waals surface area contributed by atoms with Gasteiger partial charge in [-0.2, -0.15) is 0 Å². The van der Waals surface area contributed by atoms with E-state index in [0.29, 0.717) is 23.6 Å². The van der Waals surface area contributed by atoms with E-state index in [1.165, 1.54) is 65.9 Å².